The van der Waals surface area contributed by atoms with Crippen molar-refractivity contribution in [3.8, 4) is 0 Å². The molecule has 4 N–H and O–H groups in total. The second-order valence-electron chi connectivity index (χ2n) is 5.90. The lowest BCUT2D eigenvalue weighted by atomic mass is 9.94. The first-order valence-corrected chi connectivity index (χ1v) is 7.65. The average Bonchev–Trinajstić information content (AvgIpc) is 2.53. The zero-order valence-electron chi connectivity index (χ0n) is 12.8. The summed E-state index contributed by atoms with van der Waals surface area (Å²) in [5.41, 5.74) is 7.51. The molecule has 5 heteroatoms. The first kappa shape index (κ1) is 15.8. The van der Waals surface area contributed by atoms with E-state index in [0.29, 0.717) is 0 Å². The van der Waals surface area contributed by atoms with E-state index < -0.39 is 0 Å². The van der Waals surface area contributed by atoms with Crippen LogP contribution in [0.1, 0.15) is 30.4 Å². The van der Waals surface area contributed by atoms with Crippen LogP contribution in [0.4, 0.5) is 0 Å². The van der Waals surface area contributed by atoms with Gasteiger partial charge in [-0.1, -0.05) is 23.4 Å². The highest BCUT2D eigenvalue weighted by Gasteiger charge is 2.15. The van der Waals surface area contributed by atoms with Crippen molar-refractivity contribution in [2.75, 3.05) is 26.7 Å². The van der Waals surface area contributed by atoms with Gasteiger partial charge in [-0.2, -0.15) is 0 Å². The largest absolute Gasteiger partial charge is 0.409 e. The fraction of sp³-hybridized carbons (Fsp3) is 0.562. The number of oxime groups is 1. The molecule has 1 aliphatic rings. The van der Waals surface area contributed by atoms with E-state index in [2.05, 4.69) is 28.5 Å². The number of nitrogens with two attached hydrogens (primary N) is 1. The minimum Gasteiger partial charge on any atom is -0.409 e. The standard InChI is InChI=1S/C16H26N4O/c1-20-9-6-13(7-10-20)5-8-18-12-14-3-2-4-15(11-14)16(17)19-21/h2-4,11,13,18,21H,5-10,12H2,1H3,(H2,17,19). The van der Waals surface area contributed by atoms with Gasteiger partial charge in [0.1, 0.15) is 0 Å². The van der Waals surface area contributed by atoms with E-state index in [4.69, 9.17) is 10.9 Å². The molecule has 21 heavy (non-hydrogen) atoms. The lowest BCUT2D eigenvalue weighted by Crippen LogP contribution is -2.31. The van der Waals surface area contributed by atoms with Gasteiger partial charge in [-0.15, -0.1) is 0 Å². The van der Waals surface area contributed by atoms with Gasteiger partial charge in [-0.05, 0) is 63.5 Å². The number of hydrogen-bond acceptors (Lipinski definition) is 4. The molecule has 0 unspecified atom stereocenters. The van der Waals surface area contributed by atoms with Crippen LogP contribution in [0.5, 0.6) is 0 Å². The third kappa shape index (κ3) is 5.02. The Morgan fingerprint density at radius 2 is 2.19 bits per heavy atom. The second kappa shape index (κ2) is 8.00. The Morgan fingerprint density at radius 3 is 2.90 bits per heavy atom. The maximum Gasteiger partial charge on any atom is 0.170 e. The van der Waals surface area contributed by atoms with Gasteiger partial charge in [0.25, 0.3) is 0 Å². The molecule has 1 heterocycles. The van der Waals surface area contributed by atoms with Crippen molar-refractivity contribution >= 4 is 5.84 Å². The Bertz CT molecular complexity index is 467. The number of nitrogens with one attached hydrogen (secondary N) is 1. The molecule has 0 radical (unpaired) electrons. The van der Waals surface area contributed by atoms with E-state index in [0.717, 1.165) is 30.1 Å². The molecule has 0 amide bonds. The average molecular weight is 290 g/mol. The van der Waals surface area contributed by atoms with Crippen molar-refractivity contribution in [1.29, 1.82) is 0 Å². The maximum absolute atomic E-state index is 8.70. The molecule has 1 aromatic rings. The molecular weight excluding hydrogens is 264 g/mol. The van der Waals surface area contributed by atoms with Gasteiger partial charge in [-0.3, -0.25) is 0 Å². The highest BCUT2D eigenvalue weighted by molar-refractivity contribution is 5.97. The molecule has 0 atom stereocenters. The van der Waals surface area contributed by atoms with Crippen LogP contribution < -0.4 is 11.1 Å². The summed E-state index contributed by atoms with van der Waals surface area (Å²) in [6, 6.07) is 7.78. The smallest absolute Gasteiger partial charge is 0.170 e. The summed E-state index contributed by atoms with van der Waals surface area (Å²) in [7, 11) is 2.20. The lowest BCUT2D eigenvalue weighted by Gasteiger charge is -2.28. The predicted molar refractivity (Wildman–Crippen MR) is 85.5 cm³/mol. The monoisotopic (exact) mass is 290 g/mol. The van der Waals surface area contributed by atoms with E-state index in [1.807, 2.05) is 18.2 Å². The maximum atomic E-state index is 8.70. The molecule has 0 spiro atoms. The molecule has 1 aromatic carbocycles. The number of nitrogens with zero attached hydrogens (tertiary/aromatic N) is 2. The third-order valence-electron chi connectivity index (χ3n) is 4.23. The highest BCUT2D eigenvalue weighted by atomic mass is 16.4. The van der Waals surface area contributed by atoms with Gasteiger partial charge in [0.15, 0.2) is 5.84 Å². The molecule has 1 aliphatic heterocycles. The molecule has 1 fully saturated rings. The van der Waals surface area contributed by atoms with Gasteiger partial charge in [0.2, 0.25) is 0 Å². The number of amidine groups is 1. The van der Waals surface area contributed by atoms with Crippen molar-refractivity contribution < 1.29 is 5.21 Å². The van der Waals surface area contributed by atoms with Crippen LogP contribution in [-0.2, 0) is 6.54 Å². The predicted octanol–water partition coefficient (Wildman–Crippen LogP) is 1.60. The van der Waals surface area contributed by atoms with E-state index in [-0.39, 0.29) is 5.84 Å². The zero-order chi connectivity index (χ0) is 15.1. The van der Waals surface area contributed by atoms with Crippen molar-refractivity contribution in [2.45, 2.75) is 25.8 Å². The number of hydrogen-bond donors (Lipinski definition) is 3. The van der Waals surface area contributed by atoms with Crippen molar-refractivity contribution in [3.63, 3.8) is 0 Å². The van der Waals surface area contributed by atoms with Gasteiger partial charge >= 0.3 is 0 Å². The molecule has 0 saturated carbocycles. The Morgan fingerprint density at radius 1 is 1.43 bits per heavy atom. The summed E-state index contributed by atoms with van der Waals surface area (Å²) in [6.07, 6.45) is 3.88. The molecule has 5 nitrogen and oxygen atoms in total. The molecule has 2 rings (SSSR count). The number of piperidine rings is 1. The summed E-state index contributed by atoms with van der Waals surface area (Å²) in [5.74, 6) is 1.01. The Balaban J connectivity index is 1.71. The summed E-state index contributed by atoms with van der Waals surface area (Å²) in [4.78, 5) is 2.41. The molecule has 1 saturated heterocycles. The van der Waals surface area contributed by atoms with Crippen LogP contribution in [0.2, 0.25) is 0 Å². The number of rotatable bonds is 6. The van der Waals surface area contributed by atoms with Gasteiger partial charge in [0, 0.05) is 12.1 Å². The van der Waals surface area contributed by atoms with Crippen LogP contribution in [-0.4, -0.2) is 42.6 Å². The van der Waals surface area contributed by atoms with Crippen LogP contribution in [0, 0.1) is 5.92 Å². The van der Waals surface area contributed by atoms with Gasteiger partial charge < -0.3 is 21.2 Å². The second-order valence-corrected chi connectivity index (χ2v) is 5.90. The summed E-state index contributed by atoms with van der Waals surface area (Å²) < 4.78 is 0. The Kier molecular flexibility index (Phi) is 6.02. The quantitative estimate of drug-likeness (QED) is 0.245. The molecule has 0 aromatic heterocycles. The van der Waals surface area contributed by atoms with E-state index >= 15 is 0 Å². The molecule has 0 aliphatic carbocycles. The normalized spacial score (nSPS) is 18.0. The van der Waals surface area contributed by atoms with Crippen molar-refractivity contribution in [3.05, 3.63) is 35.4 Å². The molecular formula is C16H26N4O. The highest BCUT2D eigenvalue weighted by Crippen LogP contribution is 2.18. The van der Waals surface area contributed by atoms with E-state index in [9.17, 15) is 0 Å². The minimum atomic E-state index is 0.156. The number of likely N-dealkylation sites (tertiary alicyclic amines) is 1. The van der Waals surface area contributed by atoms with E-state index in [1.165, 1.54) is 32.4 Å². The first-order valence-electron chi connectivity index (χ1n) is 7.65. The fourth-order valence-electron chi connectivity index (χ4n) is 2.79. The van der Waals surface area contributed by atoms with Crippen molar-refractivity contribution in [1.82, 2.24) is 10.2 Å². The van der Waals surface area contributed by atoms with Crippen LogP contribution in [0.3, 0.4) is 0 Å². The minimum absolute atomic E-state index is 0.156. The van der Waals surface area contributed by atoms with Crippen molar-refractivity contribution in [2.24, 2.45) is 16.8 Å². The SMILES string of the molecule is CN1CCC(CCNCc2cccc(/C(N)=N/O)c2)CC1. The third-order valence-corrected chi connectivity index (χ3v) is 4.23. The topological polar surface area (TPSA) is 73.9 Å². The van der Waals surface area contributed by atoms with E-state index in [1.54, 1.807) is 0 Å². The van der Waals surface area contributed by atoms with Gasteiger partial charge in [0.05, 0.1) is 0 Å². The van der Waals surface area contributed by atoms with Crippen LogP contribution in [0.25, 0.3) is 0 Å². The first-order chi connectivity index (χ1) is 10.2. The Hall–Kier alpha value is -1.59. The number of benzene rings is 1. The molecule has 0 bridgehead atoms. The Labute approximate surface area is 126 Å². The summed E-state index contributed by atoms with van der Waals surface area (Å²) in [5, 5.41) is 15.2. The summed E-state index contributed by atoms with van der Waals surface area (Å²) >= 11 is 0. The molecule has 116 valence electrons. The fourth-order valence-corrected chi connectivity index (χ4v) is 2.79. The summed E-state index contributed by atoms with van der Waals surface area (Å²) in [6.45, 7) is 4.32. The zero-order valence-corrected chi connectivity index (χ0v) is 12.8. The lowest BCUT2D eigenvalue weighted by molar-refractivity contribution is 0.211. The van der Waals surface area contributed by atoms with Gasteiger partial charge in [-0.25, -0.2) is 0 Å². The van der Waals surface area contributed by atoms with Crippen LogP contribution in [0.15, 0.2) is 29.4 Å². The van der Waals surface area contributed by atoms with Crippen LogP contribution >= 0.6 is 0 Å².